The monoisotopic (exact) mass is 649 g/mol. The van der Waals surface area contributed by atoms with Crippen LogP contribution in [0.1, 0.15) is 187 Å². The summed E-state index contributed by atoms with van der Waals surface area (Å²) in [6, 6.07) is -0.862. The van der Waals surface area contributed by atoms with Gasteiger partial charge in [0.05, 0.1) is 0 Å². The van der Waals surface area contributed by atoms with Crippen LogP contribution in [0.5, 0.6) is 0 Å². The van der Waals surface area contributed by atoms with Gasteiger partial charge in [0.1, 0.15) is 12.1 Å². The molecule has 2 atom stereocenters. The second kappa shape index (κ2) is 34.2. The van der Waals surface area contributed by atoms with Crippen LogP contribution >= 0.6 is 0 Å². The number of esters is 1. The number of ether oxygens (including phenoxy) is 1. The van der Waals surface area contributed by atoms with Crippen molar-refractivity contribution in [2.24, 2.45) is 5.73 Å². The van der Waals surface area contributed by atoms with Crippen LogP contribution in [0, 0.1) is 0 Å². The molecule has 0 spiro atoms. The molecule has 0 aliphatic carbocycles. The third-order valence-corrected chi connectivity index (χ3v) is 8.52. The van der Waals surface area contributed by atoms with Gasteiger partial charge in [0, 0.05) is 12.8 Å². The van der Waals surface area contributed by atoms with Crippen LogP contribution in [0.3, 0.4) is 0 Å². The highest BCUT2D eigenvalue weighted by molar-refractivity contribution is 5.83. The lowest BCUT2D eigenvalue weighted by Gasteiger charge is -2.18. The third kappa shape index (κ3) is 30.5. The van der Waals surface area contributed by atoms with Crippen molar-refractivity contribution in [1.82, 2.24) is 5.32 Å². The zero-order valence-corrected chi connectivity index (χ0v) is 29.9. The fourth-order valence-corrected chi connectivity index (χ4v) is 5.60. The quantitative estimate of drug-likeness (QED) is 0.0363. The van der Waals surface area contributed by atoms with Gasteiger partial charge in [-0.25, -0.2) is 4.79 Å². The van der Waals surface area contributed by atoms with Crippen molar-refractivity contribution in [2.45, 2.75) is 199 Å². The molecule has 0 heterocycles. The third-order valence-electron chi connectivity index (χ3n) is 8.52. The molecule has 0 aromatic carbocycles. The second-order valence-corrected chi connectivity index (χ2v) is 13.0. The van der Waals surface area contributed by atoms with Crippen LogP contribution < -0.4 is 11.1 Å². The minimum absolute atomic E-state index is 0.0117. The van der Waals surface area contributed by atoms with E-state index in [-0.39, 0.29) is 18.0 Å². The molecule has 0 aromatic rings. The molecule has 4 N–H and O–H groups in total. The number of allylic oxidation sites excluding steroid dienone is 4. The lowest BCUT2D eigenvalue weighted by atomic mass is 10.0. The molecule has 7 nitrogen and oxygen atoms in total. The Labute approximate surface area is 283 Å². The molecule has 0 aliphatic rings. The van der Waals surface area contributed by atoms with E-state index in [2.05, 4.69) is 43.5 Å². The number of nitrogens with two attached hydrogens (primary N) is 1. The number of amides is 1. The first-order valence-corrected chi connectivity index (χ1v) is 19.2. The van der Waals surface area contributed by atoms with Crippen LogP contribution in [0.2, 0.25) is 0 Å². The van der Waals surface area contributed by atoms with Gasteiger partial charge in [-0.3, -0.25) is 9.59 Å². The number of carboxylic acid groups (broad SMARTS) is 1. The van der Waals surface area contributed by atoms with Crippen LogP contribution in [0.25, 0.3) is 0 Å². The summed E-state index contributed by atoms with van der Waals surface area (Å²) in [4.78, 5) is 36.0. The van der Waals surface area contributed by atoms with Crippen molar-refractivity contribution < 1.29 is 24.2 Å². The average Bonchev–Trinajstić information content (AvgIpc) is 3.04. The molecule has 1 amide bonds. The molecule has 2 unspecified atom stereocenters. The van der Waals surface area contributed by atoms with Crippen LogP contribution in [-0.4, -0.2) is 41.6 Å². The highest BCUT2D eigenvalue weighted by atomic mass is 16.5. The fraction of sp³-hybridized carbons (Fsp3) is 0.821. The van der Waals surface area contributed by atoms with E-state index >= 15 is 0 Å². The summed E-state index contributed by atoms with van der Waals surface area (Å²) in [5, 5.41) is 11.9. The summed E-state index contributed by atoms with van der Waals surface area (Å²) in [7, 11) is 0. The highest BCUT2D eigenvalue weighted by Crippen LogP contribution is 2.18. The first-order chi connectivity index (χ1) is 22.4. The van der Waals surface area contributed by atoms with E-state index in [1.165, 1.54) is 83.5 Å². The van der Waals surface area contributed by atoms with E-state index in [1.807, 2.05) is 0 Å². The minimum Gasteiger partial charge on any atom is -0.480 e. The molecule has 0 fully saturated rings. The maximum absolute atomic E-state index is 12.6. The highest BCUT2D eigenvalue weighted by Gasteiger charge is 2.19. The molecule has 0 aliphatic heterocycles. The molecule has 0 aromatic heterocycles. The van der Waals surface area contributed by atoms with Gasteiger partial charge >= 0.3 is 11.9 Å². The number of carbonyl (C=O) groups is 3. The Kier molecular flexibility index (Phi) is 32.6. The molecule has 0 saturated carbocycles. The van der Waals surface area contributed by atoms with E-state index in [0.29, 0.717) is 32.2 Å². The van der Waals surface area contributed by atoms with Crippen LogP contribution in [0.15, 0.2) is 24.3 Å². The predicted octanol–water partition coefficient (Wildman–Crippen LogP) is 10.1. The Morgan fingerprint density at radius 3 is 1.72 bits per heavy atom. The maximum Gasteiger partial charge on any atom is 0.326 e. The largest absolute Gasteiger partial charge is 0.480 e. The van der Waals surface area contributed by atoms with E-state index in [1.54, 1.807) is 0 Å². The Morgan fingerprint density at radius 2 is 1.13 bits per heavy atom. The van der Waals surface area contributed by atoms with Crippen molar-refractivity contribution in [3.63, 3.8) is 0 Å². The van der Waals surface area contributed by atoms with Gasteiger partial charge in [-0.15, -0.1) is 0 Å². The summed E-state index contributed by atoms with van der Waals surface area (Å²) < 4.78 is 5.92. The van der Waals surface area contributed by atoms with Gasteiger partial charge in [0.15, 0.2) is 0 Å². The van der Waals surface area contributed by atoms with Gasteiger partial charge in [-0.05, 0) is 90.0 Å². The summed E-state index contributed by atoms with van der Waals surface area (Å²) >= 11 is 0. The topological polar surface area (TPSA) is 119 Å². The van der Waals surface area contributed by atoms with Gasteiger partial charge < -0.3 is 20.9 Å². The summed E-state index contributed by atoms with van der Waals surface area (Å²) in [5.74, 6) is -1.28. The first kappa shape index (κ1) is 43.9. The van der Waals surface area contributed by atoms with Crippen LogP contribution in [-0.2, 0) is 19.1 Å². The second-order valence-electron chi connectivity index (χ2n) is 13.0. The smallest absolute Gasteiger partial charge is 0.326 e. The Bertz CT molecular complexity index is 782. The van der Waals surface area contributed by atoms with Gasteiger partial charge in [0.2, 0.25) is 5.91 Å². The molecule has 0 bridgehead atoms. The van der Waals surface area contributed by atoms with Crippen LogP contribution in [0.4, 0.5) is 0 Å². The lowest BCUT2D eigenvalue weighted by molar-refractivity contribution is -0.150. The Morgan fingerprint density at radius 1 is 0.630 bits per heavy atom. The molecule has 7 heteroatoms. The van der Waals surface area contributed by atoms with E-state index in [4.69, 9.17) is 10.5 Å². The minimum atomic E-state index is -1.01. The normalized spacial score (nSPS) is 12.9. The lowest BCUT2D eigenvalue weighted by Crippen LogP contribution is -2.40. The van der Waals surface area contributed by atoms with Crippen molar-refractivity contribution in [3.05, 3.63) is 24.3 Å². The SMILES string of the molecule is CCCCC/C=C\C/C=C\CCCCCCCCCC(=O)OC(CCCCCC)CCCCCCC(=O)NC(CCCN)C(=O)O. The number of unbranched alkanes of at least 4 members (excludes halogenated alkanes) is 16. The van der Waals surface area contributed by atoms with E-state index in [0.717, 1.165) is 64.2 Å². The molecule has 0 saturated heterocycles. The Balaban J connectivity index is 4.03. The number of hydrogen-bond donors (Lipinski definition) is 3. The number of aliphatic carboxylic acids is 1. The van der Waals surface area contributed by atoms with E-state index in [9.17, 15) is 19.5 Å². The summed E-state index contributed by atoms with van der Waals surface area (Å²) in [6.07, 6.45) is 36.7. The first-order valence-electron chi connectivity index (χ1n) is 19.2. The zero-order valence-electron chi connectivity index (χ0n) is 29.9. The maximum atomic E-state index is 12.6. The standard InChI is InChI=1S/C39H72N2O5/c1-3-5-7-9-10-11-12-13-14-15-16-17-18-19-20-21-27-33-38(43)46-35(29-24-8-6-4-2)30-25-22-23-26-32-37(42)41-36(39(44)45)31-28-34-40/h10-11,13-14,35-36H,3-9,12,15-34,40H2,1-2H3,(H,41,42)(H,44,45)/b11-10-,14-13-. The molecular weight excluding hydrogens is 576 g/mol. The number of rotatable bonds is 34. The van der Waals surface area contributed by atoms with E-state index < -0.39 is 12.0 Å². The number of carbonyl (C=O) groups excluding carboxylic acids is 2. The Hall–Kier alpha value is -2.15. The van der Waals surface area contributed by atoms with Crippen molar-refractivity contribution >= 4 is 17.8 Å². The van der Waals surface area contributed by atoms with Gasteiger partial charge in [-0.1, -0.05) is 115 Å². The number of carboxylic acids is 1. The van der Waals surface area contributed by atoms with Crippen molar-refractivity contribution in [1.29, 1.82) is 0 Å². The van der Waals surface area contributed by atoms with Crippen molar-refractivity contribution in [2.75, 3.05) is 6.54 Å². The predicted molar refractivity (Wildman–Crippen MR) is 193 cm³/mol. The molecule has 46 heavy (non-hydrogen) atoms. The van der Waals surface area contributed by atoms with Crippen molar-refractivity contribution in [3.8, 4) is 0 Å². The summed E-state index contributed by atoms with van der Waals surface area (Å²) in [5.41, 5.74) is 5.46. The molecule has 0 rings (SSSR count). The van der Waals surface area contributed by atoms with Gasteiger partial charge in [-0.2, -0.15) is 0 Å². The fourth-order valence-electron chi connectivity index (χ4n) is 5.60. The zero-order chi connectivity index (χ0) is 33.9. The molecular formula is C39H72N2O5. The average molecular weight is 649 g/mol. The number of hydrogen-bond acceptors (Lipinski definition) is 5. The molecule has 268 valence electrons. The number of nitrogens with one attached hydrogen (secondary N) is 1. The van der Waals surface area contributed by atoms with Gasteiger partial charge in [0.25, 0.3) is 0 Å². The molecule has 0 radical (unpaired) electrons. The summed E-state index contributed by atoms with van der Waals surface area (Å²) in [6.45, 7) is 4.85.